The molecule has 1 amide bonds. The van der Waals surface area contributed by atoms with E-state index < -0.39 is 5.97 Å². The molecule has 3 N–H and O–H groups in total. The molecule has 0 fully saturated rings. The van der Waals surface area contributed by atoms with Crippen molar-refractivity contribution in [2.24, 2.45) is 5.92 Å². The van der Waals surface area contributed by atoms with Crippen molar-refractivity contribution >= 4 is 17.8 Å². The number of carbonyl (C=O) groups is 2. The third-order valence-corrected chi connectivity index (χ3v) is 3.01. The molecule has 0 bridgehead atoms. The van der Waals surface area contributed by atoms with E-state index in [1.807, 2.05) is 6.92 Å². The maximum absolute atomic E-state index is 11.8. The van der Waals surface area contributed by atoms with Gasteiger partial charge in [0, 0.05) is 6.04 Å². The van der Waals surface area contributed by atoms with Crippen LogP contribution in [0, 0.1) is 12.8 Å². The number of amides is 1. The van der Waals surface area contributed by atoms with Crippen molar-refractivity contribution in [2.45, 2.75) is 46.6 Å². The second kappa shape index (κ2) is 7.66. The highest BCUT2D eigenvalue weighted by Gasteiger charge is 2.21. The average molecular weight is 297 g/mol. The van der Waals surface area contributed by atoms with Gasteiger partial charge in [-0.15, -0.1) is 0 Å². The fraction of sp³-hybridized carbons (Fsp3) is 0.643. The lowest BCUT2D eigenvalue weighted by Crippen LogP contribution is -2.36. The first-order chi connectivity index (χ1) is 9.81. The number of nitrogen functional groups attached to an aromatic ring is 1. The summed E-state index contributed by atoms with van der Waals surface area (Å²) >= 11 is 0. The quantitative estimate of drug-likeness (QED) is 0.741. The molecule has 7 nitrogen and oxygen atoms in total. The van der Waals surface area contributed by atoms with Gasteiger partial charge in [-0.05, 0) is 32.6 Å². The lowest BCUT2D eigenvalue weighted by atomic mass is 10.0. The van der Waals surface area contributed by atoms with Crippen LogP contribution in [0.4, 0.5) is 5.88 Å². The van der Waals surface area contributed by atoms with Crippen molar-refractivity contribution in [3.63, 3.8) is 0 Å². The lowest BCUT2D eigenvalue weighted by Gasteiger charge is -2.15. The minimum absolute atomic E-state index is 0.0426. The molecule has 0 saturated carbocycles. The number of ether oxygens (including phenoxy) is 1. The van der Waals surface area contributed by atoms with E-state index in [0.717, 1.165) is 12.8 Å². The Labute approximate surface area is 124 Å². The number of esters is 1. The number of carbonyl (C=O) groups excluding carboxylic acids is 2. The van der Waals surface area contributed by atoms with E-state index in [-0.39, 0.29) is 30.0 Å². The minimum atomic E-state index is -0.712. The van der Waals surface area contributed by atoms with Crippen LogP contribution in [0.2, 0.25) is 0 Å². The molecule has 1 aromatic heterocycles. The van der Waals surface area contributed by atoms with Crippen LogP contribution in [0.1, 0.15) is 49.7 Å². The van der Waals surface area contributed by atoms with E-state index in [2.05, 4.69) is 28.8 Å². The van der Waals surface area contributed by atoms with Crippen molar-refractivity contribution < 1.29 is 18.8 Å². The topological polar surface area (TPSA) is 107 Å². The van der Waals surface area contributed by atoms with Crippen molar-refractivity contribution in [1.82, 2.24) is 10.5 Å². The number of nitrogens with zero attached hydrogens (tertiary/aromatic N) is 1. The Morgan fingerprint density at radius 1 is 1.33 bits per heavy atom. The van der Waals surface area contributed by atoms with E-state index in [1.54, 1.807) is 6.92 Å². The maximum atomic E-state index is 11.8. The molecule has 21 heavy (non-hydrogen) atoms. The maximum Gasteiger partial charge on any atom is 0.346 e. The highest BCUT2D eigenvalue weighted by molar-refractivity contribution is 5.96. The number of hydrogen-bond acceptors (Lipinski definition) is 6. The summed E-state index contributed by atoms with van der Waals surface area (Å²) in [4.78, 5) is 23.5. The predicted octanol–water partition coefficient (Wildman–Crippen LogP) is 1.66. The molecule has 1 heterocycles. The second-order valence-corrected chi connectivity index (χ2v) is 5.52. The molecule has 7 heteroatoms. The number of nitrogens with two attached hydrogens (primary N) is 1. The number of nitrogens with one attached hydrogen (secondary N) is 1. The average Bonchev–Trinajstić information content (AvgIpc) is 2.73. The summed E-state index contributed by atoms with van der Waals surface area (Å²) in [7, 11) is 0. The number of hydrogen-bond donors (Lipinski definition) is 2. The molecule has 0 aliphatic rings. The molecular weight excluding hydrogens is 274 g/mol. The highest BCUT2D eigenvalue weighted by atomic mass is 16.5. The van der Waals surface area contributed by atoms with Crippen molar-refractivity contribution in [2.75, 3.05) is 12.3 Å². The number of anilines is 1. The van der Waals surface area contributed by atoms with Gasteiger partial charge in [0.1, 0.15) is 5.56 Å². The summed E-state index contributed by atoms with van der Waals surface area (Å²) in [5, 5.41) is 6.33. The van der Waals surface area contributed by atoms with Crippen molar-refractivity contribution in [3.05, 3.63) is 11.3 Å². The normalized spacial score (nSPS) is 12.2. The molecule has 0 aliphatic heterocycles. The first kappa shape index (κ1) is 17.0. The first-order valence-corrected chi connectivity index (χ1v) is 6.99. The Bertz CT molecular complexity index is 477. The molecule has 0 saturated heterocycles. The first-order valence-electron chi connectivity index (χ1n) is 6.99. The summed E-state index contributed by atoms with van der Waals surface area (Å²) in [6, 6.07) is 0.0426. The van der Waals surface area contributed by atoms with Gasteiger partial charge in [-0.25, -0.2) is 4.79 Å². The standard InChI is InChI=1S/C14H23N3O4/c1-8(2)5-6-9(3)16-11(18)7-20-14(19)12-10(4)17-21-13(12)15/h8-9H,5-7,15H2,1-4H3,(H,16,18). The molecule has 1 rings (SSSR count). The van der Waals surface area contributed by atoms with Gasteiger partial charge in [-0.2, -0.15) is 0 Å². The van der Waals surface area contributed by atoms with Crippen LogP contribution in [-0.4, -0.2) is 29.7 Å². The van der Waals surface area contributed by atoms with Gasteiger partial charge in [-0.3, -0.25) is 4.79 Å². The predicted molar refractivity (Wildman–Crippen MR) is 77.6 cm³/mol. The Morgan fingerprint density at radius 3 is 2.52 bits per heavy atom. The van der Waals surface area contributed by atoms with E-state index >= 15 is 0 Å². The Balaban J connectivity index is 2.38. The molecule has 118 valence electrons. The van der Waals surface area contributed by atoms with Gasteiger partial charge in [0.2, 0.25) is 5.88 Å². The van der Waals surface area contributed by atoms with Crippen LogP contribution in [-0.2, 0) is 9.53 Å². The van der Waals surface area contributed by atoms with Gasteiger partial charge in [0.15, 0.2) is 6.61 Å². The molecule has 0 spiro atoms. The second-order valence-electron chi connectivity index (χ2n) is 5.52. The summed E-state index contributed by atoms with van der Waals surface area (Å²) in [5.41, 5.74) is 5.87. The van der Waals surface area contributed by atoms with E-state index in [9.17, 15) is 9.59 Å². The van der Waals surface area contributed by atoms with E-state index in [0.29, 0.717) is 11.6 Å². The van der Waals surface area contributed by atoms with E-state index in [4.69, 9.17) is 10.5 Å². The van der Waals surface area contributed by atoms with Gasteiger partial charge in [-0.1, -0.05) is 19.0 Å². The SMILES string of the molecule is Cc1noc(N)c1C(=O)OCC(=O)NC(C)CCC(C)C. The van der Waals surface area contributed by atoms with Crippen molar-refractivity contribution in [3.8, 4) is 0 Å². The van der Waals surface area contributed by atoms with Crippen LogP contribution in [0.15, 0.2) is 4.52 Å². The fourth-order valence-corrected chi connectivity index (χ4v) is 1.81. The smallest absolute Gasteiger partial charge is 0.346 e. The van der Waals surface area contributed by atoms with Crippen LogP contribution in [0.3, 0.4) is 0 Å². The largest absolute Gasteiger partial charge is 0.452 e. The summed E-state index contributed by atoms with van der Waals surface area (Å²) < 4.78 is 9.57. The molecule has 1 atom stereocenters. The van der Waals surface area contributed by atoms with Gasteiger partial charge >= 0.3 is 5.97 Å². The molecule has 1 unspecified atom stereocenters. The Morgan fingerprint density at radius 2 is 2.00 bits per heavy atom. The highest BCUT2D eigenvalue weighted by Crippen LogP contribution is 2.16. The summed E-state index contributed by atoms with van der Waals surface area (Å²) in [6.45, 7) is 7.40. The molecule has 0 aromatic carbocycles. The zero-order chi connectivity index (χ0) is 16.0. The number of aromatic nitrogens is 1. The molecular formula is C14H23N3O4. The summed E-state index contributed by atoms with van der Waals surface area (Å²) in [5.74, 6) is -0.576. The number of rotatable bonds is 7. The van der Waals surface area contributed by atoms with Crippen molar-refractivity contribution in [1.29, 1.82) is 0 Å². The fourth-order valence-electron chi connectivity index (χ4n) is 1.81. The van der Waals surface area contributed by atoms with Gasteiger partial charge in [0.25, 0.3) is 5.91 Å². The number of aryl methyl sites for hydroxylation is 1. The third kappa shape index (κ3) is 5.45. The van der Waals surface area contributed by atoms with E-state index in [1.165, 1.54) is 0 Å². The monoisotopic (exact) mass is 297 g/mol. The molecule has 0 radical (unpaired) electrons. The third-order valence-electron chi connectivity index (χ3n) is 3.01. The summed E-state index contributed by atoms with van der Waals surface area (Å²) in [6.07, 6.45) is 1.91. The van der Waals surface area contributed by atoms with Crippen LogP contribution < -0.4 is 11.1 Å². The molecule has 0 aliphatic carbocycles. The van der Waals surface area contributed by atoms with Crippen LogP contribution in [0.5, 0.6) is 0 Å². The van der Waals surface area contributed by atoms with Gasteiger partial charge < -0.3 is 20.3 Å². The zero-order valence-corrected chi connectivity index (χ0v) is 12.9. The molecule has 1 aromatic rings. The van der Waals surface area contributed by atoms with Crippen LogP contribution in [0.25, 0.3) is 0 Å². The minimum Gasteiger partial charge on any atom is -0.452 e. The lowest BCUT2D eigenvalue weighted by molar-refractivity contribution is -0.124. The zero-order valence-electron chi connectivity index (χ0n) is 12.9. The van der Waals surface area contributed by atoms with Crippen LogP contribution >= 0.6 is 0 Å². The Hall–Kier alpha value is -2.05. The van der Waals surface area contributed by atoms with Gasteiger partial charge in [0.05, 0.1) is 5.69 Å². The Kier molecular flexibility index (Phi) is 6.20.